The predicted molar refractivity (Wildman–Crippen MR) is 114 cm³/mol. The number of non-ortho nitro benzene ring substituents is 1. The van der Waals surface area contributed by atoms with Crippen LogP contribution in [0.4, 0.5) is 5.69 Å². The van der Waals surface area contributed by atoms with Crippen LogP contribution in [0.1, 0.15) is 12.8 Å². The van der Waals surface area contributed by atoms with Gasteiger partial charge >= 0.3 is 0 Å². The molecule has 10 heteroatoms. The van der Waals surface area contributed by atoms with Gasteiger partial charge in [-0.05, 0) is 38.1 Å². The molecule has 0 saturated carbocycles. The number of benzene rings is 1. The van der Waals surface area contributed by atoms with Crippen LogP contribution in [-0.2, 0) is 23.7 Å². The lowest BCUT2D eigenvalue weighted by Crippen LogP contribution is -2.33. The molecule has 1 aromatic rings. The minimum Gasteiger partial charge on any atom is -0.491 e. The topological polar surface area (TPSA) is 111 Å². The summed E-state index contributed by atoms with van der Waals surface area (Å²) in [7, 11) is 0. The third-order valence-electron chi connectivity index (χ3n) is 4.53. The SMILES string of the molecule is O=[N+]([O-])c1ccc(OCCOCCOCCOCCOCCOC2CCNCC2)cc1. The van der Waals surface area contributed by atoms with E-state index in [4.69, 9.17) is 28.4 Å². The minimum absolute atomic E-state index is 0.0369. The van der Waals surface area contributed by atoms with E-state index in [1.807, 2.05) is 0 Å². The molecule has 0 amide bonds. The van der Waals surface area contributed by atoms with Gasteiger partial charge in [0.2, 0.25) is 0 Å². The number of nitrogens with zero attached hydrogens (tertiary/aromatic N) is 1. The average molecular weight is 443 g/mol. The van der Waals surface area contributed by atoms with Gasteiger partial charge in [0.05, 0.1) is 70.5 Å². The lowest BCUT2D eigenvalue weighted by Gasteiger charge is -2.22. The Labute approximate surface area is 183 Å². The first kappa shape index (κ1) is 25.4. The molecular formula is C21H34N2O8. The van der Waals surface area contributed by atoms with Gasteiger partial charge in [0.1, 0.15) is 12.4 Å². The minimum atomic E-state index is -0.445. The van der Waals surface area contributed by atoms with Gasteiger partial charge in [0.25, 0.3) is 5.69 Å². The van der Waals surface area contributed by atoms with Gasteiger partial charge in [0.15, 0.2) is 0 Å². The molecule has 1 aliphatic rings. The molecule has 1 saturated heterocycles. The van der Waals surface area contributed by atoms with Crippen LogP contribution < -0.4 is 10.1 Å². The lowest BCUT2D eigenvalue weighted by atomic mass is 10.1. The molecule has 0 atom stereocenters. The van der Waals surface area contributed by atoms with Crippen LogP contribution in [0.25, 0.3) is 0 Å². The van der Waals surface area contributed by atoms with E-state index in [9.17, 15) is 10.1 Å². The first-order valence-corrected chi connectivity index (χ1v) is 10.8. The monoisotopic (exact) mass is 442 g/mol. The highest BCUT2D eigenvalue weighted by Gasteiger charge is 2.12. The van der Waals surface area contributed by atoms with E-state index >= 15 is 0 Å². The van der Waals surface area contributed by atoms with Gasteiger partial charge in [-0.15, -0.1) is 0 Å². The van der Waals surface area contributed by atoms with E-state index in [-0.39, 0.29) is 5.69 Å². The van der Waals surface area contributed by atoms with Gasteiger partial charge in [-0.3, -0.25) is 10.1 Å². The quantitative estimate of drug-likeness (QED) is 0.207. The van der Waals surface area contributed by atoms with Crippen molar-refractivity contribution in [1.29, 1.82) is 0 Å². The third-order valence-corrected chi connectivity index (χ3v) is 4.53. The van der Waals surface area contributed by atoms with E-state index in [0.717, 1.165) is 25.9 Å². The number of nitro benzene ring substituents is 1. The Morgan fingerprint density at radius 2 is 1.26 bits per heavy atom. The maximum Gasteiger partial charge on any atom is 0.269 e. The van der Waals surface area contributed by atoms with Gasteiger partial charge < -0.3 is 33.7 Å². The zero-order valence-corrected chi connectivity index (χ0v) is 18.0. The Kier molecular flexibility index (Phi) is 13.8. The predicted octanol–water partition coefficient (Wildman–Crippen LogP) is 1.81. The average Bonchev–Trinajstić information content (AvgIpc) is 2.79. The summed E-state index contributed by atoms with van der Waals surface area (Å²) in [6.45, 7) is 7.11. The van der Waals surface area contributed by atoms with Crippen molar-refractivity contribution in [2.75, 3.05) is 79.2 Å². The lowest BCUT2D eigenvalue weighted by molar-refractivity contribution is -0.384. The molecule has 0 radical (unpaired) electrons. The van der Waals surface area contributed by atoms with Crippen LogP contribution in [0.15, 0.2) is 24.3 Å². The Bertz CT molecular complexity index is 581. The van der Waals surface area contributed by atoms with Crippen molar-refractivity contribution >= 4 is 5.69 Å². The molecule has 0 aliphatic carbocycles. The number of nitro groups is 1. The molecule has 0 spiro atoms. The second-order valence-electron chi connectivity index (χ2n) is 6.87. The summed E-state index contributed by atoms with van der Waals surface area (Å²) in [4.78, 5) is 10.1. The molecule has 10 nitrogen and oxygen atoms in total. The van der Waals surface area contributed by atoms with Crippen LogP contribution in [-0.4, -0.2) is 90.2 Å². The molecule has 1 heterocycles. The zero-order chi connectivity index (χ0) is 22.0. The van der Waals surface area contributed by atoms with Crippen LogP contribution in [0, 0.1) is 10.1 Å². The highest BCUT2D eigenvalue weighted by Crippen LogP contribution is 2.17. The molecule has 176 valence electrons. The molecule has 0 unspecified atom stereocenters. The largest absolute Gasteiger partial charge is 0.491 e. The zero-order valence-electron chi connectivity index (χ0n) is 18.0. The highest BCUT2D eigenvalue weighted by molar-refractivity contribution is 5.35. The Morgan fingerprint density at radius 3 is 1.77 bits per heavy atom. The normalized spacial score (nSPS) is 14.6. The summed E-state index contributed by atoms with van der Waals surface area (Å²) in [5.74, 6) is 0.570. The molecule has 1 fully saturated rings. The Balaban J connectivity index is 1.27. The molecule has 0 aromatic heterocycles. The van der Waals surface area contributed by atoms with Crippen LogP contribution in [0.2, 0.25) is 0 Å². The third kappa shape index (κ3) is 12.6. The van der Waals surface area contributed by atoms with Crippen molar-refractivity contribution in [3.05, 3.63) is 34.4 Å². The number of rotatable bonds is 18. The van der Waals surface area contributed by atoms with Crippen molar-refractivity contribution in [3.63, 3.8) is 0 Å². The second-order valence-corrected chi connectivity index (χ2v) is 6.87. The molecular weight excluding hydrogens is 408 g/mol. The van der Waals surface area contributed by atoms with Crippen LogP contribution in [0.3, 0.4) is 0 Å². The van der Waals surface area contributed by atoms with Gasteiger partial charge in [-0.25, -0.2) is 0 Å². The van der Waals surface area contributed by atoms with Crippen LogP contribution in [0.5, 0.6) is 5.75 Å². The fourth-order valence-corrected chi connectivity index (χ4v) is 2.88. The van der Waals surface area contributed by atoms with E-state index in [0.29, 0.717) is 77.9 Å². The van der Waals surface area contributed by atoms with E-state index < -0.39 is 4.92 Å². The molecule has 2 rings (SSSR count). The summed E-state index contributed by atoms with van der Waals surface area (Å²) in [6, 6.07) is 5.94. The Hall–Kier alpha value is -1.82. The summed E-state index contributed by atoms with van der Waals surface area (Å²) < 4.78 is 33.0. The Morgan fingerprint density at radius 1 is 0.774 bits per heavy atom. The summed E-state index contributed by atoms with van der Waals surface area (Å²) in [5, 5.41) is 13.9. The van der Waals surface area contributed by atoms with Crippen molar-refractivity contribution in [2.24, 2.45) is 0 Å². The second kappa shape index (κ2) is 16.8. The highest BCUT2D eigenvalue weighted by atomic mass is 16.6. The summed E-state index contributed by atoms with van der Waals surface area (Å²) in [5.41, 5.74) is 0.0369. The number of piperidine rings is 1. The van der Waals surface area contributed by atoms with Crippen molar-refractivity contribution in [2.45, 2.75) is 18.9 Å². The van der Waals surface area contributed by atoms with Crippen molar-refractivity contribution < 1.29 is 33.3 Å². The van der Waals surface area contributed by atoms with Crippen molar-refractivity contribution in [1.82, 2.24) is 5.32 Å². The van der Waals surface area contributed by atoms with Gasteiger partial charge in [-0.1, -0.05) is 0 Å². The fraction of sp³-hybridized carbons (Fsp3) is 0.714. The first-order valence-electron chi connectivity index (χ1n) is 10.8. The van der Waals surface area contributed by atoms with E-state index in [2.05, 4.69) is 5.32 Å². The van der Waals surface area contributed by atoms with Gasteiger partial charge in [0, 0.05) is 12.1 Å². The molecule has 1 N–H and O–H groups in total. The van der Waals surface area contributed by atoms with Crippen molar-refractivity contribution in [3.8, 4) is 5.75 Å². The maximum absolute atomic E-state index is 10.6. The molecule has 1 aliphatic heterocycles. The number of ether oxygens (including phenoxy) is 6. The maximum atomic E-state index is 10.6. The number of hydrogen-bond acceptors (Lipinski definition) is 9. The molecule has 31 heavy (non-hydrogen) atoms. The smallest absolute Gasteiger partial charge is 0.269 e. The molecule has 0 bridgehead atoms. The number of hydrogen-bond donors (Lipinski definition) is 1. The van der Waals surface area contributed by atoms with Gasteiger partial charge in [-0.2, -0.15) is 0 Å². The standard InChI is InChI=1S/C21H34N2O8/c24-23(25)19-1-3-20(4-2-19)30-17-15-28-13-11-26-9-10-27-12-14-29-16-18-31-21-5-7-22-8-6-21/h1-4,21-22H,5-18H2. The summed E-state index contributed by atoms with van der Waals surface area (Å²) >= 11 is 0. The fourth-order valence-electron chi connectivity index (χ4n) is 2.88. The summed E-state index contributed by atoms with van der Waals surface area (Å²) in [6.07, 6.45) is 2.51. The first-order chi connectivity index (χ1) is 15.3. The number of nitrogens with one attached hydrogen (secondary N) is 1. The van der Waals surface area contributed by atoms with E-state index in [1.54, 1.807) is 12.1 Å². The van der Waals surface area contributed by atoms with Crippen LogP contribution >= 0.6 is 0 Å². The molecule has 1 aromatic carbocycles. The van der Waals surface area contributed by atoms with E-state index in [1.165, 1.54) is 12.1 Å².